The number of aryl methyl sites for hydroxylation is 1. The molecule has 2 atom stereocenters. The van der Waals surface area contributed by atoms with Crippen LogP contribution >= 0.6 is 0 Å². The Hall–Kier alpha value is -0.900. The number of rotatable bonds is 5. The van der Waals surface area contributed by atoms with Gasteiger partial charge in [-0.05, 0) is 37.3 Å². The van der Waals surface area contributed by atoms with E-state index in [0.29, 0.717) is 6.04 Å². The summed E-state index contributed by atoms with van der Waals surface area (Å²) in [6.45, 7) is 2.11. The Morgan fingerprint density at radius 3 is 2.50 bits per heavy atom. The molecule has 0 aliphatic heterocycles. The van der Waals surface area contributed by atoms with E-state index in [-0.39, 0.29) is 12.3 Å². The van der Waals surface area contributed by atoms with Crippen molar-refractivity contribution in [2.45, 2.75) is 44.6 Å². The molecular weight excluding hydrogens is 226 g/mol. The van der Waals surface area contributed by atoms with Gasteiger partial charge in [0.1, 0.15) is 0 Å². The fraction of sp³-hybridized carbons (Fsp3) is 0.600. The fourth-order valence-corrected chi connectivity index (χ4v) is 2.79. The van der Waals surface area contributed by atoms with Crippen molar-refractivity contribution in [1.82, 2.24) is 5.32 Å². The molecule has 1 aromatic carbocycles. The molecule has 0 fully saturated rings. The van der Waals surface area contributed by atoms with Crippen LogP contribution < -0.4 is 5.32 Å². The first-order chi connectivity index (χ1) is 8.74. The Morgan fingerprint density at radius 2 is 1.83 bits per heavy atom. The Labute approximate surface area is 109 Å². The van der Waals surface area contributed by atoms with Crippen molar-refractivity contribution < 1.29 is 9.47 Å². The minimum absolute atomic E-state index is 0.179. The molecular formula is C15H23NO2. The molecule has 1 N–H and O–H groups in total. The van der Waals surface area contributed by atoms with Crippen LogP contribution in [0.4, 0.5) is 0 Å². The van der Waals surface area contributed by atoms with Crippen LogP contribution in [-0.4, -0.2) is 32.6 Å². The van der Waals surface area contributed by atoms with Crippen molar-refractivity contribution in [1.29, 1.82) is 0 Å². The summed E-state index contributed by atoms with van der Waals surface area (Å²) in [5.74, 6) is 0. The SMILES string of the molecule is COC(OC)C(C)NC1CCc2ccccc2C1. The third-order valence-corrected chi connectivity index (χ3v) is 3.72. The van der Waals surface area contributed by atoms with Crippen LogP contribution in [0.3, 0.4) is 0 Å². The molecule has 0 saturated carbocycles. The van der Waals surface area contributed by atoms with Gasteiger partial charge >= 0.3 is 0 Å². The lowest BCUT2D eigenvalue weighted by atomic mass is 9.88. The maximum atomic E-state index is 5.29. The van der Waals surface area contributed by atoms with Gasteiger partial charge in [-0.2, -0.15) is 0 Å². The summed E-state index contributed by atoms with van der Waals surface area (Å²) >= 11 is 0. The van der Waals surface area contributed by atoms with E-state index < -0.39 is 0 Å². The van der Waals surface area contributed by atoms with E-state index in [4.69, 9.17) is 9.47 Å². The molecule has 0 spiro atoms. The lowest BCUT2D eigenvalue weighted by Gasteiger charge is -2.31. The third kappa shape index (κ3) is 3.10. The van der Waals surface area contributed by atoms with E-state index in [1.54, 1.807) is 14.2 Å². The minimum atomic E-state index is -0.179. The van der Waals surface area contributed by atoms with Crippen molar-refractivity contribution in [3.63, 3.8) is 0 Å². The van der Waals surface area contributed by atoms with E-state index in [9.17, 15) is 0 Å². The first kappa shape index (κ1) is 13.5. The highest BCUT2D eigenvalue weighted by Crippen LogP contribution is 2.21. The van der Waals surface area contributed by atoms with Gasteiger partial charge in [-0.1, -0.05) is 24.3 Å². The van der Waals surface area contributed by atoms with Gasteiger partial charge in [-0.3, -0.25) is 0 Å². The van der Waals surface area contributed by atoms with Crippen LogP contribution in [0.2, 0.25) is 0 Å². The number of hydrogen-bond acceptors (Lipinski definition) is 3. The highest BCUT2D eigenvalue weighted by atomic mass is 16.7. The lowest BCUT2D eigenvalue weighted by Crippen LogP contribution is -2.47. The highest BCUT2D eigenvalue weighted by Gasteiger charge is 2.23. The summed E-state index contributed by atoms with van der Waals surface area (Å²) in [6, 6.07) is 9.44. The van der Waals surface area contributed by atoms with Gasteiger partial charge in [-0.25, -0.2) is 0 Å². The molecule has 0 amide bonds. The van der Waals surface area contributed by atoms with Crippen LogP contribution in [0.15, 0.2) is 24.3 Å². The average Bonchev–Trinajstić information content (AvgIpc) is 2.40. The molecule has 0 heterocycles. The van der Waals surface area contributed by atoms with E-state index in [1.807, 2.05) is 0 Å². The Morgan fingerprint density at radius 1 is 1.17 bits per heavy atom. The van der Waals surface area contributed by atoms with Crippen LogP contribution in [0, 0.1) is 0 Å². The summed E-state index contributed by atoms with van der Waals surface area (Å²) in [4.78, 5) is 0. The normalized spacial score (nSPS) is 20.8. The third-order valence-electron chi connectivity index (χ3n) is 3.72. The van der Waals surface area contributed by atoms with Crippen molar-refractivity contribution in [3.05, 3.63) is 35.4 Å². The number of benzene rings is 1. The van der Waals surface area contributed by atoms with Gasteiger partial charge in [0.15, 0.2) is 6.29 Å². The number of ether oxygens (including phenoxy) is 2. The van der Waals surface area contributed by atoms with E-state index in [0.717, 1.165) is 12.8 Å². The smallest absolute Gasteiger partial charge is 0.171 e. The molecule has 3 nitrogen and oxygen atoms in total. The molecule has 0 saturated heterocycles. The molecule has 1 aliphatic carbocycles. The van der Waals surface area contributed by atoms with Crippen LogP contribution in [0.1, 0.15) is 24.5 Å². The monoisotopic (exact) mass is 249 g/mol. The van der Waals surface area contributed by atoms with Gasteiger partial charge in [0, 0.05) is 20.3 Å². The zero-order valence-electron chi connectivity index (χ0n) is 11.5. The second kappa shape index (κ2) is 6.32. The highest BCUT2D eigenvalue weighted by molar-refractivity contribution is 5.30. The number of nitrogens with one attached hydrogen (secondary N) is 1. The van der Waals surface area contributed by atoms with E-state index in [1.165, 1.54) is 17.5 Å². The summed E-state index contributed by atoms with van der Waals surface area (Å²) in [7, 11) is 3.37. The summed E-state index contributed by atoms with van der Waals surface area (Å²) in [5.41, 5.74) is 2.97. The van der Waals surface area contributed by atoms with Gasteiger partial charge < -0.3 is 14.8 Å². The minimum Gasteiger partial charge on any atom is -0.354 e. The topological polar surface area (TPSA) is 30.5 Å². The first-order valence-electron chi connectivity index (χ1n) is 6.63. The van der Waals surface area contributed by atoms with Crippen LogP contribution in [0.5, 0.6) is 0 Å². The molecule has 0 aromatic heterocycles. The number of fused-ring (bicyclic) bond motifs is 1. The molecule has 100 valence electrons. The predicted octanol–water partition coefficient (Wildman–Crippen LogP) is 2.14. The second-order valence-electron chi connectivity index (χ2n) is 5.00. The van der Waals surface area contributed by atoms with Crippen LogP contribution in [0.25, 0.3) is 0 Å². The van der Waals surface area contributed by atoms with Crippen molar-refractivity contribution >= 4 is 0 Å². The maximum Gasteiger partial charge on any atom is 0.171 e. The number of methoxy groups -OCH3 is 2. The Balaban J connectivity index is 1.93. The maximum absolute atomic E-state index is 5.29. The van der Waals surface area contributed by atoms with Gasteiger partial charge in [0.2, 0.25) is 0 Å². The Bertz CT molecular complexity index is 377. The summed E-state index contributed by atoms with van der Waals surface area (Å²) < 4.78 is 10.6. The molecule has 18 heavy (non-hydrogen) atoms. The first-order valence-corrected chi connectivity index (χ1v) is 6.63. The fourth-order valence-electron chi connectivity index (χ4n) is 2.79. The van der Waals surface area contributed by atoms with Gasteiger partial charge in [0.25, 0.3) is 0 Å². The van der Waals surface area contributed by atoms with Crippen molar-refractivity contribution in [3.8, 4) is 0 Å². The number of hydrogen-bond donors (Lipinski definition) is 1. The molecule has 2 rings (SSSR count). The van der Waals surface area contributed by atoms with E-state index >= 15 is 0 Å². The quantitative estimate of drug-likeness (QED) is 0.811. The van der Waals surface area contributed by atoms with Gasteiger partial charge in [0.05, 0.1) is 6.04 Å². The molecule has 1 aromatic rings. The largest absolute Gasteiger partial charge is 0.354 e. The molecule has 0 radical (unpaired) electrons. The summed E-state index contributed by atoms with van der Waals surface area (Å²) in [6.07, 6.45) is 3.26. The predicted molar refractivity (Wildman–Crippen MR) is 72.7 cm³/mol. The Kier molecular flexibility index (Phi) is 4.75. The molecule has 2 unspecified atom stereocenters. The zero-order chi connectivity index (χ0) is 13.0. The van der Waals surface area contributed by atoms with Gasteiger partial charge in [-0.15, -0.1) is 0 Å². The summed E-state index contributed by atoms with van der Waals surface area (Å²) in [5, 5.41) is 3.61. The second-order valence-corrected chi connectivity index (χ2v) is 5.00. The van der Waals surface area contributed by atoms with E-state index in [2.05, 4.69) is 36.5 Å². The molecule has 0 bridgehead atoms. The average molecular weight is 249 g/mol. The standard InChI is InChI=1S/C15H23NO2/c1-11(15(17-2)18-3)16-14-9-8-12-6-4-5-7-13(12)10-14/h4-7,11,14-16H,8-10H2,1-3H3. The lowest BCUT2D eigenvalue weighted by molar-refractivity contribution is -0.121. The van der Waals surface area contributed by atoms with Crippen molar-refractivity contribution in [2.24, 2.45) is 0 Å². The molecule has 3 heteroatoms. The zero-order valence-corrected chi connectivity index (χ0v) is 11.5. The van der Waals surface area contributed by atoms with Crippen molar-refractivity contribution in [2.75, 3.05) is 14.2 Å². The molecule has 1 aliphatic rings. The van der Waals surface area contributed by atoms with Crippen LogP contribution in [-0.2, 0) is 22.3 Å².